The molecule has 1 aliphatic carbocycles. The molecule has 0 spiro atoms. The second-order valence-corrected chi connectivity index (χ2v) is 4.18. The molecule has 1 aliphatic rings. The molecule has 0 aromatic heterocycles. The first-order valence-electron chi connectivity index (χ1n) is 5.75. The Bertz CT molecular complexity index is 251. The molecule has 0 aliphatic heterocycles. The second kappa shape index (κ2) is 5.87. The highest BCUT2D eigenvalue weighted by Gasteiger charge is 2.32. The van der Waals surface area contributed by atoms with Crippen LogP contribution in [0.2, 0.25) is 0 Å². The number of ketones is 1. The van der Waals surface area contributed by atoms with Crippen molar-refractivity contribution < 1.29 is 9.53 Å². The molecular formula is C12H19NO2. The van der Waals surface area contributed by atoms with Gasteiger partial charge in [0.2, 0.25) is 0 Å². The van der Waals surface area contributed by atoms with E-state index in [1.54, 1.807) is 0 Å². The number of hydrogen-bond donors (Lipinski definition) is 0. The Labute approximate surface area is 91.4 Å². The third-order valence-corrected chi connectivity index (χ3v) is 3.04. The molecule has 15 heavy (non-hydrogen) atoms. The van der Waals surface area contributed by atoms with Crippen molar-refractivity contribution in [3.8, 4) is 6.07 Å². The maximum atomic E-state index is 11.6. The lowest BCUT2D eigenvalue weighted by molar-refractivity contribution is -0.124. The van der Waals surface area contributed by atoms with Crippen LogP contribution in [0.3, 0.4) is 0 Å². The molecular weight excluding hydrogens is 190 g/mol. The van der Waals surface area contributed by atoms with Crippen molar-refractivity contribution in [3.05, 3.63) is 0 Å². The first-order valence-corrected chi connectivity index (χ1v) is 5.75. The zero-order chi connectivity index (χ0) is 11.3. The normalized spacial score (nSPS) is 26.5. The Kier molecular flexibility index (Phi) is 4.77. The van der Waals surface area contributed by atoms with Gasteiger partial charge in [-0.25, -0.2) is 0 Å². The number of Topliss-reactive ketones (excluding diaryl/α,β-unsaturated/α-hetero) is 1. The van der Waals surface area contributed by atoms with Crippen molar-refractivity contribution in [2.45, 2.75) is 45.6 Å². The van der Waals surface area contributed by atoms with Gasteiger partial charge < -0.3 is 4.74 Å². The smallest absolute Gasteiger partial charge is 0.150 e. The molecule has 0 saturated heterocycles. The third-order valence-electron chi connectivity index (χ3n) is 3.04. The van der Waals surface area contributed by atoms with Crippen molar-refractivity contribution in [2.24, 2.45) is 11.8 Å². The molecule has 1 atom stereocenters. The summed E-state index contributed by atoms with van der Waals surface area (Å²) >= 11 is 0. The molecule has 84 valence electrons. The Morgan fingerprint density at radius 3 is 2.67 bits per heavy atom. The quantitative estimate of drug-likeness (QED) is 0.674. The van der Waals surface area contributed by atoms with Gasteiger partial charge in [0.15, 0.2) is 0 Å². The number of nitrogens with zero attached hydrogens (tertiary/aromatic N) is 1. The number of carbonyl (C=O) groups excluding carboxylic acids is 1. The summed E-state index contributed by atoms with van der Waals surface area (Å²) in [7, 11) is 0. The molecule has 0 heterocycles. The van der Waals surface area contributed by atoms with E-state index >= 15 is 0 Å². The minimum Gasteiger partial charge on any atom is -0.378 e. The number of carbonyl (C=O) groups is 1. The largest absolute Gasteiger partial charge is 0.378 e. The Balaban J connectivity index is 2.22. The topological polar surface area (TPSA) is 50.1 Å². The Morgan fingerprint density at radius 2 is 2.20 bits per heavy atom. The van der Waals surface area contributed by atoms with Crippen molar-refractivity contribution in [1.82, 2.24) is 0 Å². The van der Waals surface area contributed by atoms with Gasteiger partial charge in [-0.05, 0) is 32.1 Å². The molecule has 1 fully saturated rings. The average molecular weight is 209 g/mol. The average Bonchev–Trinajstić information content (AvgIpc) is 2.16. The van der Waals surface area contributed by atoms with Crippen molar-refractivity contribution in [2.75, 3.05) is 6.61 Å². The fourth-order valence-corrected chi connectivity index (χ4v) is 2.03. The summed E-state index contributed by atoms with van der Waals surface area (Å²) in [5, 5.41) is 8.74. The van der Waals surface area contributed by atoms with Crippen molar-refractivity contribution in [3.63, 3.8) is 0 Å². The first-order chi connectivity index (χ1) is 7.21. The minimum absolute atomic E-state index is 0.111. The highest BCUT2D eigenvalue weighted by atomic mass is 16.5. The Hall–Kier alpha value is -0.880. The standard InChI is InChI=1S/C12H19NO2/c1-3-10(8-13)12(14)7-9-5-11(6-9)15-4-2/h9-11H,3-7H2,1-2H3. The van der Waals surface area contributed by atoms with E-state index in [-0.39, 0.29) is 5.78 Å². The third kappa shape index (κ3) is 3.32. The molecule has 3 nitrogen and oxygen atoms in total. The van der Waals surface area contributed by atoms with Gasteiger partial charge in [0, 0.05) is 13.0 Å². The van der Waals surface area contributed by atoms with E-state index in [0.717, 1.165) is 19.4 Å². The van der Waals surface area contributed by atoms with Gasteiger partial charge >= 0.3 is 0 Å². The number of nitriles is 1. The maximum absolute atomic E-state index is 11.6. The fraction of sp³-hybridized carbons (Fsp3) is 0.833. The van der Waals surface area contributed by atoms with Crippen LogP contribution in [0.15, 0.2) is 0 Å². The summed E-state index contributed by atoms with van der Waals surface area (Å²) in [4.78, 5) is 11.6. The zero-order valence-electron chi connectivity index (χ0n) is 9.53. The predicted molar refractivity (Wildman–Crippen MR) is 57.2 cm³/mol. The minimum atomic E-state index is -0.392. The van der Waals surface area contributed by atoms with Gasteiger partial charge in [0.25, 0.3) is 0 Å². The van der Waals surface area contributed by atoms with Gasteiger partial charge in [0.1, 0.15) is 11.7 Å². The molecule has 0 aromatic rings. The van der Waals surface area contributed by atoms with Crippen LogP contribution in [0.25, 0.3) is 0 Å². The predicted octanol–water partition coefficient (Wildman–Crippen LogP) is 2.31. The summed E-state index contributed by atoms with van der Waals surface area (Å²) in [5.41, 5.74) is 0. The number of ether oxygens (including phenoxy) is 1. The molecule has 0 N–H and O–H groups in total. The lowest BCUT2D eigenvalue weighted by Gasteiger charge is -2.34. The van der Waals surface area contributed by atoms with Crippen LogP contribution in [0.5, 0.6) is 0 Å². The molecule has 0 radical (unpaired) electrons. The highest BCUT2D eigenvalue weighted by Crippen LogP contribution is 2.33. The molecule has 0 aromatic carbocycles. The molecule has 1 unspecified atom stereocenters. The van der Waals surface area contributed by atoms with E-state index in [9.17, 15) is 4.79 Å². The zero-order valence-corrected chi connectivity index (χ0v) is 9.53. The number of rotatable bonds is 6. The van der Waals surface area contributed by atoms with Crippen LogP contribution in [0.1, 0.15) is 39.5 Å². The van der Waals surface area contributed by atoms with E-state index in [0.29, 0.717) is 24.9 Å². The van der Waals surface area contributed by atoms with Crippen LogP contribution in [-0.4, -0.2) is 18.5 Å². The Morgan fingerprint density at radius 1 is 1.53 bits per heavy atom. The summed E-state index contributed by atoms with van der Waals surface area (Å²) < 4.78 is 5.43. The SMILES string of the molecule is CCOC1CC(CC(=O)C(C#N)CC)C1. The van der Waals surface area contributed by atoms with E-state index < -0.39 is 5.92 Å². The van der Waals surface area contributed by atoms with Gasteiger partial charge in [0.05, 0.1) is 12.2 Å². The molecule has 1 rings (SSSR count). The highest BCUT2D eigenvalue weighted by molar-refractivity contribution is 5.83. The molecule has 0 bridgehead atoms. The lowest BCUT2D eigenvalue weighted by Crippen LogP contribution is -2.33. The van der Waals surface area contributed by atoms with E-state index in [1.807, 2.05) is 13.8 Å². The van der Waals surface area contributed by atoms with Crippen molar-refractivity contribution in [1.29, 1.82) is 5.26 Å². The maximum Gasteiger partial charge on any atom is 0.150 e. The van der Waals surface area contributed by atoms with Crippen molar-refractivity contribution >= 4 is 5.78 Å². The second-order valence-electron chi connectivity index (χ2n) is 4.18. The van der Waals surface area contributed by atoms with E-state index in [2.05, 4.69) is 6.07 Å². The summed E-state index contributed by atoms with van der Waals surface area (Å²) in [6.45, 7) is 4.62. The summed E-state index contributed by atoms with van der Waals surface area (Å²) in [6.07, 6.45) is 3.53. The van der Waals surface area contributed by atoms with Gasteiger partial charge in [-0.3, -0.25) is 4.79 Å². The monoisotopic (exact) mass is 209 g/mol. The van der Waals surface area contributed by atoms with Crippen LogP contribution < -0.4 is 0 Å². The number of hydrogen-bond acceptors (Lipinski definition) is 3. The van der Waals surface area contributed by atoms with Crippen LogP contribution in [0.4, 0.5) is 0 Å². The van der Waals surface area contributed by atoms with Crippen LogP contribution in [-0.2, 0) is 9.53 Å². The summed E-state index contributed by atoms with van der Waals surface area (Å²) in [6, 6.07) is 2.06. The van der Waals surface area contributed by atoms with Crippen LogP contribution >= 0.6 is 0 Å². The molecule has 3 heteroatoms. The molecule has 1 saturated carbocycles. The summed E-state index contributed by atoms with van der Waals surface area (Å²) in [5.74, 6) is 0.174. The fourth-order valence-electron chi connectivity index (χ4n) is 2.03. The van der Waals surface area contributed by atoms with Crippen LogP contribution in [0, 0.1) is 23.2 Å². The lowest BCUT2D eigenvalue weighted by atomic mass is 9.77. The van der Waals surface area contributed by atoms with Gasteiger partial charge in [-0.2, -0.15) is 5.26 Å². The van der Waals surface area contributed by atoms with E-state index in [4.69, 9.17) is 10.00 Å². The van der Waals surface area contributed by atoms with Gasteiger partial charge in [-0.1, -0.05) is 6.92 Å². The van der Waals surface area contributed by atoms with Gasteiger partial charge in [-0.15, -0.1) is 0 Å². The molecule has 0 amide bonds. The van der Waals surface area contributed by atoms with E-state index in [1.165, 1.54) is 0 Å². The first kappa shape index (κ1) is 12.2.